The van der Waals surface area contributed by atoms with Crippen molar-refractivity contribution in [3.8, 4) is 0 Å². The third kappa shape index (κ3) is 15.0. The smallest absolute Gasteiger partial charge is 0.862 e. The van der Waals surface area contributed by atoms with Gasteiger partial charge >= 0.3 is 29.0 Å². The van der Waals surface area contributed by atoms with Crippen LogP contribution < -0.4 is 38.5 Å². The molecular weight excluding hydrogens is 654 g/mol. The van der Waals surface area contributed by atoms with Crippen LogP contribution in [0.4, 0.5) is 17.5 Å². The summed E-state index contributed by atoms with van der Waals surface area (Å²) in [5.74, 6) is -3.43. The molecule has 1 aromatic carbocycles. The number of rotatable bonds is 13. The largest absolute Gasteiger partial charge is 2.00 e. The van der Waals surface area contributed by atoms with Gasteiger partial charge in [0.05, 0.1) is 18.4 Å². The molecular formula is C29H31FeN11O6. The maximum absolute atomic E-state index is 12.6. The van der Waals surface area contributed by atoms with Crippen molar-refractivity contribution in [3.05, 3.63) is 81.9 Å². The Hall–Kier alpha value is -4.70. The molecule has 0 aliphatic heterocycles. The molecule has 1 aromatic heterocycles. The Morgan fingerprint density at radius 1 is 0.745 bits per heavy atom. The van der Waals surface area contributed by atoms with Crippen LogP contribution in [0.15, 0.2) is 38.5 Å². The van der Waals surface area contributed by atoms with Gasteiger partial charge in [0, 0.05) is 23.5 Å². The number of benzene rings is 1. The zero-order valence-electron chi connectivity index (χ0n) is 24.8. The Labute approximate surface area is 282 Å². The van der Waals surface area contributed by atoms with E-state index in [0.29, 0.717) is 23.1 Å². The van der Waals surface area contributed by atoms with E-state index in [-0.39, 0.29) is 54.5 Å². The van der Waals surface area contributed by atoms with Gasteiger partial charge in [-0.25, -0.2) is 24.6 Å². The van der Waals surface area contributed by atoms with E-state index in [0.717, 1.165) is 5.92 Å². The molecule has 47 heavy (non-hydrogen) atoms. The molecule has 9 N–H and O–H groups in total. The van der Waals surface area contributed by atoms with Crippen LogP contribution in [0.3, 0.4) is 0 Å². The monoisotopic (exact) mass is 685 g/mol. The van der Waals surface area contributed by atoms with E-state index >= 15 is 0 Å². The molecule has 17 nitrogen and oxygen atoms in total. The van der Waals surface area contributed by atoms with Crippen LogP contribution >= 0.6 is 0 Å². The summed E-state index contributed by atoms with van der Waals surface area (Å²) in [5.41, 5.74) is 21.4. The first-order valence-corrected chi connectivity index (χ1v) is 13.6. The van der Waals surface area contributed by atoms with E-state index in [1.165, 1.54) is 0 Å². The number of carbonyl (C=O) groups is 2. The molecule has 0 unspecified atom stereocenters. The van der Waals surface area contributed by atoms with Crippen LogP contribution in [0.25, 0.3) is 10.9 Å². The van der Waals surface area contributed by atoms with Crippen molar-refractivity contribution < 1.29 is 46.5 Å². The van der Waals surface area contributed by atoms with Crippen molar-refractivity contribution in [1.29, 1.82) is 0 Å². The van der Waals surface area contributed by atoms with Gasteiger partial charge < -0.3 is 48.1 Å². The van der Waals surface area contributed by atoms with Gasteiger partial charge in [0.25, 0.3) is 5.95 Å². The predicted octanol–water partition coefficient (Wildman–Crippen LogP) is -0.730. The number of fused-ring (bicyclic) bond motifs is 1. The molecule has 2 aliphatic rings. The first kappa shape index (κ1) is 38.5. The van der Waals surface area contributed by atoms with E-state index < -0.39 is 35.7 Å². The molecule has 0 bridgehead atoms. The molecule has 0 saturated heterocycles. The van der Waals surface area contributed by atoms with E-state index in [2.05, 4.69) is 45.3 Å². The molecule has 0 spiro atoms. The Bertz CT molecular complexity index is 1440. The number of aromatic nitrogens is 2. The standard InChI is InChI=1S/C24H28N11O6.C5H5.Fe/c25-22(26)34-40-19(38)9-7-17(36)31-21-15-11-14(29-12-13-3-1-2-4-13)5-6-16(15)30-24(33-21)32-18(37)8-10-20(39)41-35-23(27)28;1-2-4-5-3-1;/h1-6,11,29H,7-10,12H2,(H4,25,26,34)(H4,27,28,35)(H2,30,31,32,33,36,37);1-5H;/q;;+2/p-2. The van der Waals surface area contributed by atoms with Gasteiger partial charge in [-0.3, -0.25) is 0 Å². The minimum absolute atomic E-state index is 0. The zero-order valence-corrected chi connectivity index (χ0v) is 25.9. The third-order valence-electron chi connectivity index (χ3n) is 5.49. The number of guanidine groups is 2. The van der Waals surface area contributed by atoms with Crippen molar-refractivity contribution >= 4 is 64.0 Å². The van der Waals surface area contributed by atoms with Gasteiger partial charge in [0.15, 0.2) is 5.82 Å². The van der Waals surface area contributed by atoms with E-state index in [9.17, 15) is 19.8 Å². The van der Waals surface area contributed by atoms with Crippen molar-refractivity contribution in [2.24, 2.45) is 43.2 Å². The number of anilines is 1. The average Bonchev–Trinajstić information content (AvgIpc) is 3.78. The van der Waals surface area contributed by atoms with Gasteiger partial charge in [-0.05, 0) is 111 Å². The predicted molar refractivity (Wildman–Crippen MR) is 166 cm³/mol. The number of nitrogens with one attached hydrogen (secondary N) is 1. The van der Waals surface area contributed by atoms with Crippen molar-refractivity contribution in [2.75, 3.05) is 11.9 Å². The summed E-state index contributed by atoms with van der Waals surface area (Å²) in [7, 11) is 0. The van der Waals surface area contributed by atoms with Crippen molar-refractivity contribution in [3.63, 3.8) is 0 Å². The number of nitrogens with zero attached hydrogens (tertiary/aromatic N) is 6. The summed E-state index contributed by atoms with van der Waals surface area (Å²) in [6.07, 6.45) is 16.3. The second-order valence-electron chi connectivity index (χ2n) is 9.16. The maximum Gasteiger partial charge on any atom is 2.00 e. The summed E-state index contributed by atoms with van der Waals surface area (Å²) in [5, 5.41) is 34.8. The molecule has 2 aliphatic carbocycles. The number of carbonyl (C=O) groups excluding carboxylic acids is 2. The van der Waals surface area contributed by atoms with E-state index in [1.54, 1.807) is 18.2 Å². The first-order valence-electron chi connectivity index (χ1n) is 13.6. The molecule has 1 heterocycles. The van der Waals surface area contributed by atoms with Crippen LogP contribution in [0.5, 0.6) is 0 Å². The van der Waals surface area contributed by atoms with Gasteiger partial charge in [0.2, 0.25) is 11.9 Å². The number of aliphatic imine (C=N–C) groups is 2. The number of oxime groups is 2. The molecule has 2 fully saturated rings. The molecule has 18 heteroatoms. The van der Waals surface area contributed by atoms with Crippen molar-refractivity contribution in [2.45, 2.75) is 25.7 Å². The van der Waals surface area contributed by atoms with E-state index in [1.807, 2.05) is 57.8 Å². The van der Waals surface area contributed by atoms with Gasteiger partial charge in [-0.15, -0.1) is 0 Å². The summed E-state index contributed by atoms with van der Waals surface area (Å²) in [6.45, 7) is 0.538. The van der Waals surface area contributed by atoms with Crippen LogP contribution in [0, 0.1) is 63.7 Å². The molecule has 4 rings (SSSR count). The second-order valence-corrected chi connectivity index (χ2v) is 9.16. The molecule has 246 valence electrons. The Morgan fingerprint density at radius 2 is 1.28 bits per heavy atom. The third-order valence-corrected chi connectivity index (χ3v) is 5.49. The first-order chi connectivity index (χ1) is 22.1. The quantitative estimate of drug-likeness (QED) is 0.0572. The van der Waals surface area contributed by atoms with E-state index in [4.69, 9.17) is 22.9 Å². The van der Waals surface area contributed by atoms with Crippen LogP contribution in [0.1, 0.15) is 25.7 Å². The molecule has 10 radical (unpaired) electrons. The summed E-state index contributed by atoms with van der Waals surface area (Å²) in [6, 6.07) is 5.06. The van der Waals surface area contributed by atoms with Crippen molar-refractivity contribution in [1.82, 2.24) is 9.97 Å². The molecule has 2 saturated carbocycles. The summed E-state index contributed by atoms with van der Waals surface area (Å²) >= 11 is 0. The van der Waals surface area contributed by atoms with Gasteiger partial charge in [-0.1, -0.05) is 0 Å². The Balaban J connectivity index is 0.00000117. The Morgan fingerprint density at radius 3 is 1.81 bits per heavy atom. The fraction of sp³-hybridized carbons (Fsp3) is 0.172. The SMILES string of the molecule is NC(N)=NOC(=O)CCC([O-])=Nc1nc(/N=C(\[O-])CCC(=O)ON=C(N)N)nc2ccc(NC[C]3[CH][CH][CH][CH]3)cc12.[CH]1[CH][CH][CH][CH]1.[Fe+2]. The second kappa shape index (κ2) is 20.4. The van der Waals surface area contributed by atoms with Crippen LogP contribution in [-0.4, -0.2) is 52.2 Å². The molecule has 0 atom stereocenters. The minimum atomic E-state index is -0.859. The fourth-order valence-electron chi connectivity index (χ4n) is 3.46. The normalized spacial score (nSPS) is 14.7. The minimum Gasteiger partial charge on any atom is -0.862 e. The summed E-state index contributed by atoms with van der Waals surface area (Å²) in [4.78, 5) is 48.4. The zero-order chi connectivity index (χ0) is 33.3. The van der Waals surface area contributed by atoms with Gasteiger partial charge in [0.1, 0.15) is 0 Å². The summed E-state index contributed by atoms with van der Waals surface area (Å²) < 4.78 is 0. The maximum atomic E-state index is 12.6. The number of nitrogens with two attached hydrogens (primary N) is 4. The molecule has 0 amide bonds. The topological polar surface area (TPSA) is 290 Å². The van der Waals surface area contributed by atoms with Crippen LogP contribution in [0.2, 0.25) is 0 Å². The number of hydrogen-bond acceptors (Lipinski definition) is 13. The van der Waals surface area contributed by atoms with Gasteiger partial charge in [-0.2, -0.15) is 4.98 Å². The Kier molecular flexibility index (Phi) is 16.7. The number of hydrogen-bond donors (Lipinski definition) is 5. The average molecular weight is 685 g/mol. The molecule has 2 aromatic rings. The van der Waals surface area contributed by atoms with Crippen LogP contribution in [-0.2, 0) is 36.3 Å². The fourth-order valence-corrected chi connectivity index (χ4v) is 3.46.